The molecular formula is C12H18N4O2. The van der Waals surface area contributed by atoms with Gasteiger partial charge in [0.15, 0.2) is 0 Å². The van der Waals surface area contributed by atoms with E-state index in [1.54, 1.807) is 6.20 Å². The van der Waals surface area contributed by atoms with Crippen molar-refractivity contribution in [3.63, 3.8) is 0 Å². The second kappa shape index (κ2) is 5.77. The number of anilines is 1. The Balaban J connectivity index is 1.98. The van der Waals surface area contributed by atoms with Crippen LogP contribution in [-0.2, 0) is 4.79 Å². The molecule has 1 saturated heterocycles. The lowest BCUT2D eigenvalue weighted by atomic mass is 10.4. The van der Waals surface area contributed by atoms with Crippen molar-refractivity contribution in [2.75, 3.05) is 37.6 Å². The average molecular weight is 250 g/mol. The highest BCUT2D eigenvalue weighted by Gasteiger charge is 2.18. The molecular weight excluding hydrogens is 232 g/mol. The summed E-state index contributed by atoms with van der Waals surface area (Å²) in [5.74, 6) is -0.0255. The van der Waals surface area contributed by atoms with Gasteiger partial charge in [0.05, 0.1) is 6.54 Å². The summed E-state index contributed by atoms with van der Waals surface area (Å²) >= 11 is 0. The number of hydrogen-bond acceptors (Lipinski definition) is 5. The van der Waals surface area contributed by atoms with Gasteiger partial charge in [-0.3, -0.25) is 9.69 Å². The molecule has 1 aromatic rings. The van der Waals surface area contributed by atoms with Crippen LogP contribution in [0.5, 0.6) is 0 Å². The number of carboxylic acid groups (broad SMARTS) is 1. The zero-order chi connectivity index (χ0) is 13.0. The molecule has 0 unspecified atom stereocenters. The van der Waals surface area contributed by atoms with Gasteiger partial charge in [0.1, 0.15) is 0 Å². The summed E-state index contributed by atoms with van der Waals surface area (Å²) < 4.78 is 0. The third kappa shape index (κ3) is 3.40. The number of carboxylic acids is 1. The predicted molar refractivity (Wildman–Crippen MR) is 67.7 cm³/mol. The summed E-state index contributed by atoms with van der Waals surface area (Å²) in [5, 5.41) is 8.80. The Morgan fingerprint density at radius 3 is 2.94 bits per heavy atom. The van der Waals surface area contributed by atoms with Crippen molar-refractivity contribution in [3.8, 4) is 0 Å². The number of hydrogen-bond donors (Lipinski definition) is 1. The molecule has 1 aliphatic rings. The molecule has 0 spiro atoms. The molecule has 1 aliphatic heterocycles. The van der Waals surface area contributed by atoms with E-state index >= 15 is 0 Å². The summed E-state index contributed by atoms with van der Waals surface area (Å²) in [7, 11) is 0. The second-order valence-corrected chi connectivity index (χ2v) is 4.51. The highest BCUT2D eigenvalue weighted by Crippen LogP contribution is 2.11. The highest BCUT2D eigenvalue weighted by atomic mass is 16.4. The van der Waals surface area contributed by atoms with Gasteiger partial charge in [-0.15, -0.1) is 0 Å². The van der Waals surface area contributed by atoms with Crippen molar-refractivity contribution >= 4 is 11.9 Å². The first kappa shape index (κ1) is 12.8. The Morgan fingerprint density at radius 2 is 2.22 bits per heavy atom. The fourth-order valence-electron chi connectivity index (χ4n) is 2.11. The Morgan fingerprint density at radius 1 is 1.39 bits per heavy atom. The zero-order valence-electron chi connectivity index (χ0n) is 10.5. The van der Waals surface area contributed by atoms with E-state index in [9.17, 15) is 4.79 Å². The molecule has 1 aromatic heterocycles. The van der Waals surface area contributed by atoms with Crippen molar-refractivity contribution in [2.45, 2.75) is 13.3 Å². The number of nitrogens with zero attached hydrogens (tertiary/aromatic N) is 4. The van der Waals surface area contributed by atoms with Gasteiger partial charge in [-0.2, -0.15) is 0 Å². The molecule has 0 aromatic carbocycles. The smallest absolute Gasteiger partial charge is 0.317 e. The first-order valence-corrected chi connectivity index (χ1v) is 6.14. The summed E-state index contributed by atoms with van der Waals surface area (Å²) in [5.41, 5.74) is 0.951. The predicted octanol–water partition coefficient (Wildman–Crippen LogP) is 0.382. The van der Waals surface area contributed by atoms with Gasteiger partial charge in [0.25, 0.3) is 0 Å². The summed E-state index contributed by atoms with van der Waals surface area (Å²) in [6.07, 6.45) is 2.70. The minimum absolute atomic E-state index is 0.114. The third-order valence-electron chi connectivity index (χ3n) is 3.01. The van der Waals surface area contributed by atoms with Crippen LogP contribution in [0, 0.1) is 6.92 Å². The Labute approximate surface area is 106 Å². The molecule has 2 rings (SSSR count). The number of aryl methyl sites for hydroxylation is 1. The van der Waals surface area contributed by atoms with E-state index in [2.05, 4.69) is 14.9 Å². The van der Waals surface area contributed by atoms with Gasteiger partial charge >= 0.3 is 5.97 Å². The van der Waals surface area contributed by atoms with Crippen molar-refractivity contribution in [3.05, 3.63) is 18.0 Å². The van der Waals surface area contributed by atoms with Crippen LogP contribution in [0.25, 0.3) is 0 Å². The fraction of sp³-hybridized carbons (Fsp3) is 0.583. The van der Waals surface area contributed by atoms with Gasteiger partial charge in [-0.05, 0) is 19.4 Å². The van der Waals surface area contributed by atoms with E-state index in [0.29, 0.717) is 0 Å². The maximum absolute atomic E-state index is 10.7. The SMILES string of the molecule is Cc1ccnc(N2CCCN(CC(=O)O)CC2)n1. The minimum atomic E-state index is -0.768. The summed E-state index contributed by atoms with van der Waals surface area (Å²) in [6.45, 7) is 5.26. The molecule has 0 atom stereocenters. The number of rotatable bonds is 3. The van der Waals surface area contributed by atoms with Crippen LogP contribution in [0.2, 0.25) is 0 Å². The lowest BCUT2D eigenvalue weighted by Crippen LogP contribution is -2.34. The van der Waals surface area contributed by atoms with Crippen molar-refractivity contribution in [1.29, 1.82) is 0 Å². The maximum atomic E-state index is 10.7. The van der Waals surface area contributed by atoms with Crippen LogP contribution in [0.3, 0.4) is 0 Å². The largest absolute Gasteiger partial charge is 0.480 e. The molecule has 0 amide bonds. The van der Waals surface area contributed by atoms with Gasteiger partial charge in [0, 0.05) is 38.1 Å². The van der Waals surface area contributed by atoms with Crippen LogP contribution in [0.15, 0.2) is 12.3 Å². The van der Waals surface area contributed by atoms with E-state index in [1.165, 1.54) is 0 Å². The van der Waals surface area contributed by atoms with Crippen LogP contribution in [0.4, 0.5) is 5.95 Å². The Hall–Kier alpha value is -1.69. The molecule has 1 fully saturated rings. The lowest BCUT2D eigenvalue weighted by molar-refractivity contribution is -0.138. The molecule has 18 heavy (non-hydrogen) atoms. The Bertz CT molecular complexity index is 424. The topological polar surface area (TPSA) is 69.6 Å². The third-order valence-corrected chi connectivity index (χ3v) is 3.01. The van der Waals surface area contributed by atoms with Gasteiger partial charge in [0.2, 0.25) is 5.95 Å². The van der Waals surface area contributed by atoms with Crippen LogP contribution >= 0.6 is 0 Å². The molecule has 1 N–H and O–H groups in total. The zero-order valence-corrected chi connectivity index (χ0v) is 10.5. The molecule has 0 bridgehead atoms. The maximum Gasteiger partial charge on any atom is 0.317 e. The first-order valence-electron chi connectivity index (χ1n) is 6.14. The van der Waals surface area contributed by atoms with Gasteiger partial charge in [-0.25, -0.2) is 9.97 Å². The number of carbonyl (C=O) groups is 1. The van der Waals surface area contributed by atoms with E-state index in [1.807, 2.05) is 17.9 Å². The first-order chi connectivity index (χ1) is 8.65. The molecule has 6 heteroatoms. The monoisotopic (exact) mass is 250 g/mol. The molecule has 0 radical (unpaired) electrons. The van der Waals surface area contributed by atoms with Crippen LogP contribution in [0.1, 0.15) is 12.1 Å². The molecule has 0 saturated carbocycles. The average Bonchev–Trinajstić information content (AvgIpc) is 2.54. The second-order valence-electron chi connectivity index (χ2n) is 4.51. The number of aromatic nitrogens is 2. The normalized spacial score (nSPS) is 17.5. The fourth-order valence-corrected chi connectivity index (χ4v) is 2.11. The minimum Gasteiger partial charge on any atom is -0.480 e. The van der Waals surface area contributed by atoms with E-state index in [0.717, 1.165) is 44.2 Å². The molecule has 0 aliphatic carbocycles. The summed E-state index contributed by atoms with van der Waals surface area (Å²) in [4.78, 5) is 23.4. The van der Waals surface area contributed by atoms with Crippen molar-refractivity contribution in [2.24, 2.45) is 0 Å². The molecule has 2 heterocycles. The van der Waals surface area contributed by atoms with Gasteiger partial charge < -0.3 is 10.0 Å². The summed E-state index contributed by atoms with van der Waals surface area (Å²) in [6, 6.07) is 1.87. The lowest BCUT2D eigenvalue weighted by Gasteiger charge is -2.21. The Kier molecular flexibility index (Phi) is 4.09. The van der Waals surface area contributed by atoms with E-state index in [-0.39, 0.29) is 6.54 Å². The van der Waals surface area contributed by atoms with E-state index in [4.69, 9.17) is 5.11 Å². The standard InChI is InChI=1S/C12H18N4O2/c1-10-3-4-13-12(14-10)16-6-2-5-15(7-8-16)9-11(17)18/h3-4H,2,5-9H2,1H3,(H,17,18). The van der Waals surface area contributed by atoms with Crippen LogP contribution < -0.4 is 4.90 Å². The van der Waals surface area contributed by atoms with Crippen molar-refractivity contribution in [1.82, 2.24) is 14.9 Å². The molecule has 98 valence electrons. The van der Waals surface area contributed by atoms with Crippen molar-refractivity contribution < 1.29 is 9.90 Å². The highest BCUT2D eigenvalue weighted by molar-refractivity contribution is 5.69. The number of aliphatic carboxylic acids is 1. The van der Waals surface area contributed by atoms with Gasteiger partial charge in [-0.1, -0.05) is 0 Å². The quantitative estimate of drug-likeness (QED) is 0.836. The molecule has 6 nitrogen and oxygen atoms in total. The van der Waals surface area contributed by atoms with Crippen LogP contribution in [-0.4, -0.2) is 58.7 Å². The van der Waals surface area contributed by atoms with E-state index < -0.39 is 5.97 Å².